The lowest BCUT2D eigenvalue weighted by molar-refractivity contribution is -0.153. The van der Waals surface area contributed by atoms with Crippen LogP contribution in [0.4, 0.5) is 0 Å². The number of carboxylic acids is 1. The van der Waals surface area contributed by atoms with Gasteiger partial charge in [0.15, 0.2) is 5.78 Å². The van der Waals surface area contributed by atoms with E-state index in [2.05, 4.69) is 4.98 Å². The highest BCUT2D eigenvalue weighted by Crippen LogP contribution is 2.13. The van der Waals surface area contributed by atoms with Crippen molar-refractivity contribution < 1.29 is 24.2 Å². The molecule has 0 spiro atoms. The van der Waals surface area contributed by atoms with E-state index in [0.29, 0.717) is 0 Å². The van der Waals surface area contributed by atoms with Gasteiger partial charge in [-0.2, -0.15) is 0 Å². The zero-order valence-electron chi connectivity index (χ0n) is 11.0. The Hall–Kier alpha value is -2.24. The fourth-order valence-electron chi connectivity index (χ4n) is 1.41. The van der Waals surface area contributed by atoms with E-state index in [1.807, 2.05) is 0 Å². The molecule has 0 saturated carbocycles. The predicted octanol–water partition coefficient (Wildman–Crippen LogP) is 1.69. The molecule has 6 nitrogen and oxygen atoms in total. The van der Waals surface area contributed by atoms with Crippen LogP contribution in [0.15, 0.2) is 18.5 Å². The van der Waals surface area contributed by atoms with Crippen LogP contribution in [0.25, 0.3) is 0 Å². The monoisotopic (exact) mass is 265 g/mol. The predicted molar refractivity (Wildman–Crippen MR) is 66.0 cm³/mol. The van der Waals surface area contributed by atoms with Gasteiger partial charge in [0.1, 0.15) is 12.0 Å². The normalized spacial score (nSPS) is 10.9. The Kier molecular flexibility index (Phi) is 4.37. The SMILES string of the molecule is CC(C)(C)OC(=O)CC(=O)c1ccncc1C(=O)O. The van der Waals surface area contributed by atoms with E-state index in [1.54, 1.807) is 20.8 Å². The Balaban J connectivity index is 2.85. The number of esters is 1. The second kappa shape index (κ2) is 5.60. The van der Waals surface area contributed by atoms with E-state index in [4.69, 9.17) is 9.84 Å². The van der Waals surface area contributed by atoms with E-state index in [-0.39, 0.29) is 11.1 Å². The molecule has 1 rings (SSSR count). The van der Waals surface area contributed by atoms with Gasteiger partial charge in [-0.3, -0.25) is 14.6 Å². The molecule has 0 amide bonds. The van der Waals surface area contributed by atoms with Crippen LogP contribution < -0.4 is 0 Å². The Morgan fingerprint density at radius 2 is 1.89 bits per heavy atom. The molecule has 1 aromatic heterocycles. The largest absolute Gasteiger partial charge is 0.478 e. The van der Waals surface area contributed by atoms with Gasteiger partial charge in [-0.25, -0.2) is 4.79 Å². The summed E-state index contributed by atoms with van der Waals surface area (Å²) in [6, 6.07) is 1.27. The number of rotatable bonds is 4. The molecule has 0 aliphatic rings. The van der Waals surface area contributed by atoms with Gasteiger partial charge in [-0.1, -0.05) is 0 Å². The molecule has 0 radical (unpaired) electrons. The van der Waals surface area contributed by atoms with Gasteiger partial charge >= 0.3 is 11.9 Å². The average Bonchev–Trinajstić information content (AvgIpc) is 2.26. The topological polar surface area (TPSA) is 93.6 Å². The first-order valence-electron chi connectivity index (χ1n) is 5.63. The van der Waals surface area contributed by atoms with Crippen LogP contribution in [0.5, 0.6) is 0 Å². The number of ketones is 1. The number of aromatic nitrogens is 1. The number of carboxylic acid groups (broad SMARTS) is 1. The second-order valence-electron chi connectivity index (χ2n) is 4.91. The summed E-state index contributed by atoms with van der Waals surface area (Å²) < 4.78 is 5.01. The lowest BCUT2D eigenvalue weighted by Gasteiger charge is -2.19. The fourth-order valence-corrected chi connectivity index (χ4v) is 1.41. The van der Waals surface area contributed by atoms with Crippen molar-refractivity contribution >= 4 is 17.7 Å². The van der Waals surface area contributed by atoms with E-state index < -0.39 is 29.7 Å². The highest BCUT2D eigenvalue weighted by atomic mass is 16.6. The lowest BCUT2D eigenvalue weighted by atomic mass is 10.0. The van der Waals surface area contributed by atoms with Crippen molar-refractivity contribution in [2.75, 3.05) is 0 Å². The summed E-state index contributed by atoms with van der Waals surface area (Å²) in [6.07, 6.45) is 1.88. The van der Waals surface area contributed by atoms with Crippen molar-refractivity contribution in [3.63, 3.8) is 0 Å². The van der Waals surface area contributed by atoms with Crippen LogP contribution in [0, 0.1) is 0 Å². The molecule has 1 aromatic rings. The second-order valence-corrected chi connectivity index (χ2v) is 4.91. The van der Waals surface area contributed by atoms with Crippen LogP contribution >= 0.6 is 0 Å². The van der Waals surface area contributed by atoms with Crippen molar-refractivity contribution in [3.8, 4) is 0 Å². The summed E-state index contributed by atoms with van der Waals surface area (Å²) in [6.45, 7) is 5.06. The number of ether oxygens (including phenoxy) is 1. The smallest absolute Gasteiger partial charge is 0.338 e. The first-order chi connectivity index (χ1) is 8.70. The molecule has 19 heavy (non-hydrogen) atoms. The summed E-state index contributed by atoms with van der Waals surface area (Å²) in [5.41, 5.74) is -0.963. The number of carbonyl (C=O) groups excluding carboxylic acids is 2. The van der Waals surface area contributed by atoms with E-state index in [9.17, 15) is 14.4 Å². The van der Waals surface area contributed by atoms with Gasteiger partial charge in [0.2, 0.25) is 0 Å². The summed E-state index contributed by atoms with van der Waals surface area (Å²) in [5.74, 6) is -2.56. The van der Waals surface area contributed by atoms with Crippen LogP contribution in [0.3, 0.4) is 0 Å². The summed E-state index contributed by atoms with van der Waals surface area (Å²) in [7, 11) is 0. The molecule has 0 fully saturated rings. The van der Waals surface area contributed by atoms with Crippen LogP contribution in [0.2, 0.25) is 0 Å². The van der Waals surface area contributed by atoms with Gasteiger partial charge in [-0.05, 0) is 26.8 Å². The average molecular weight is 265 g/mol. The first-order valence-corrected chi connectivity index (χ1v) is 5.63. The van der Waals surface area contributed by atoms with E-state index in [1.165, 1.54) is 12.3 Å². The molecule has 0 saturated heterocycles. The summed E-state index contributed by atoms with van der Waals surface area (Å²) in [4.78, 5) is 38.0. The van der Waals surface area contributed by atoms with E-state index >= 15 is 0 Å². The minimum atomic E-state index is -1.26. The molecule has 0 aromatic carbocycles. The molecule has 0 aliphatic heterocycles. The third-order valence-electron chi connectivity index (χ3n) is 2.08. The minimum Gasteiger partial charge on any atom is -0.478 e. The van der Waals surface area contributed by atoms with Crippen LogP contribution in [-0.4, -0.2) is 33.4 Å². The Bertz CT molecular complexity index is 516. The Morgan fingerprint density at radius 3 is 2.42 bits per heavy atom. The molecular formula is C13H15NO5. The van der Waals surface area contributed by atoms with Crippen molar-refractivity contribution in [2.24, 2.45) is 0 Å². The lowest BCUT2D eigenvalue weighted by Crippen LogP contribution is -2.25. The zero-order chi connectivity index (χ0) is 14.6. The van der Waals surface area contributed by atoms with Crippen molar-refractivity contribution in [3.05, 3.63) is 29.6 Å². The third kappa shape index (κ3) is 4.50. The van der Waals surface area contributed by atoms with Gasteiger partial charge < -0.3 is 9.84 Å². The highest BCUT2D eigenvalue weighted by Gasteiger charge is 2.22. The minimum absolute atomic E-state index is 0.0478. The van der Waals surface area contributed by atoms with Gasteiger partial charge in [0.05, 0.1) is 5.56 Å². The van der Waals surface area contributed by atoms with Gasteiger partial charge in [0.25, 0.3) is 0 Å². The number of hydrogen-bond donors (Lipinski definition) is 1. The molecule has 0 aliphatic carbocycles. The molecule has 1 heterocycles. The molecule has 6 heteroatoms. The van der Waals surface area contributed by atoms with Crippen LogP contribution in [0.1, 0.15) is 47.9 Å². The quantitative estimate of drug-likeness (QED) is 0.506. The van der Waals surface area contributed by atoms with Gasteiger partial charge in [0, 0.05) is 18.0 Å². The van der Waals surface area contributed by atoms with E-state index in [0.717, 1.165) is 6.20 Å². The Morgan fingerprint density at radius 1 is 1.26 bits per heavy atom. The van der Waals surface area contributed by atoms with Crippen molar-refractivity contribution in [2.45, 2.75) is 32.8 Å². The maximum absolute atomic E-state index is 11.9. The maximum atomic E-state index is 11.9. The molecule has 1 N–H and O–H groups in total. The number of Topliss-reactive ketones (excluding diaryl/α,β-unsaturated/α-hetero) is 1. The van der Waals surface area contributed by atoms with Crippen molar-refractivity contribution in [1.29, 1.82) is 0 Å². The molecule has 0 unspecified atom stereocenters. The standard InChI is InChI=1S/C13H15NO5/c1-13(2,3)19-11(16)6-10(15)8-4-5-14-7-9(8)12(17)18/h4-5,7H,6H2,1-3H3,(H,17,18). The van der Waals surface area contributed by atoms with Crippen molar-refractivity contribution in [1.82, 2.24) is 4.98 Å². The molecular weight excluding hydrogens is 250 g/mol. The molecule has 102 valence electrons. The Labute approximate surface area is 110 Å². The molecule has 0 atom stereocenters. The van der Waals surface area contributed by atoms with Crippen LogP contribution in [-0.2, 0) is 9.53 Å². The third-order valence-corrected chi connectivity index (χ3v) is 2.08. The number of nitrogens with zero attached hydrogens (tertiary/aromatic N) is 1. The number of pyridine rings is 1. The number of aromatic carboxylic acids is 1. The fraction of sp³-hybridized carbons (Fsp3) is 0.385. The number of carbonyl (C=O) groups is 3. The van der Waals surface area contributed by atoms with Gasteiger partial charge in [-0.15, -0.1) is 0 Å². The maximum Gasteiger partial charge on any atom is 0.338 e. The number of hydrogen-bond acceptors (Lipinski definition) is 5. The summed E-state index contributed by atoms with van der Waals surface area (Å²) in [5, 5.41) is 8.93. The molecule has 0 bridgehead atoms. The summed E-state index contributed by atoms with van der Waals surface area (Å²) >= 11 is 0. The highest BCUT2D eigenvalue weighted by molar-refractivity contribution is 6.11. The first kappa shape index (κ1) is 14.8. The zero-order valence-corrected chi connectivity index (χ0v) is 11.0.